The summed E-state index contributed by atoms with van der Waals surface area (Å²) in [5.74, 6) is 1.61. The van der Waals surface area contributed by atoms with Gasteiger partial charge in [0.25, 0.3) is 0 Å². The van der Waals surface area contributed by atoms with Crippen LogP contribution in [0.2, 0.25) is 0 Å². The molecule has 1 aliphatic heterocycles. The molecular formula is C15H22N2O3. The van der Waals surface area contributed by atoms with Crippen LogP contribution in [0.5, 0.6) is 11.5 Å². The first-order valence-electron chi connectivity index (χ1n) is 6.86. The van der Waals surface area contributed by atoms with Gasteiger partial charge in [-0.05, 0) is 31.0 Å². The molecule has 1 saturated heterocycles. The Morgan fingerprint density at radius 3 is 2.70 bits per heavy atom. The molecule has 1 heterocycles. The maximum Gasteiger partial charge on any atom is 0.221 e. The molecule has 0 bridgehead atoms. The van der Waals surface area contributed by atoms with Crippen molar-refractivity contribution in [2.45, 2.75) is 31.8 Å². The summed E-state index contributed by atoms with van der Waals surface area (Å²) < 4.78 is 10.5. The molecule has 0 aliphatic carbocycles. The van der Waals surface area contributed by atoms with Gasteiger partial charge in [-0.3, -0.25) is 4.79 Å². The summed E-state index contributed by atoms with van der Waals surface area (Å²) in [5.41, 5.74) is 1.18. The molecule has 0 radical (unpaired) electrons. The molecule has 0 saturated carbocycles. The van der Waals surface area contributed by atoms with Crippen LogP contribution in [0.4, 0.5) is 0 Å². The minimum Gasteiger partial charge on any atom is -0.493 e. The highest BCUT2D eigenvalue weighted by atomic mass is 16.5. The highest BCUT2D eigenvalue weighted by Gasteiger charge is 2.22. The third-order valence-corrected chi connectivity index (χ3v) is 3.49. The normalized spacial score (nSPS) is 19.6. The molecule has 1 amide bonds. The van der Waals surface area contributed by atoms with E-state index in [0.29, 0.717) is 12.5 Å². The van der Waals surface area contributed by atoms with E-state index >= 15 is 0 Å². The maximum atomic E-state index is 11.2. The first-order chi connectivity index (χ1) is 9.62. The Morgan fingerprint density at radius 2 is 2.10 bits per heavy atom. The van der Waals surface area contributed by atoms with Gasteiger partial charge < -0.3 is 20.1 Å². The number of amides is 1. The lowest BCUT2D eigenvalue weighted by molar-refractivity contribution is -0.119. The van der Waals surface area contributed by atoms with E-state index in [1.54, 1.807) is 14.2 Å². The molecule has 1 aromatic carbocycles. The average molecular weight is 278 g/mol. The zero-order valence-electron chi connectivity index (χ0n) is 12.2. The minimum absolute atomic E-state index is 0.126. The van der Waals surface area contributed by atoms with Crippen molar-refractivity contribution < 1.29 is 14.3 Å². The van der Waals surface area contributed by atoms with Crippen LogP contribution in [0.25, 0.3) is 0 Å². The van der Waals surface area contributed by atoms with Crippen LogP contribution < -0.4 is 20.1 Å². The molecule has 1 aliphatic rings. The van der Waals surface area contributed by atoms with Gasteiger partial charge in [0, 0.05) is 25.0 Å². The summed E-state index contributed by atoms with van der Waals surface area (Å²) in [7, 11) is 3.27. The molecule has 2 unspecified atom stereocenters. The Morgan fingerprint density at radius 1 is 1.35 bits per heavy atom. The summed E-state index contributed by atoms with van der Waals surface area (Å²) in [6, 6.07) is 6.48. The minimum atomic E-state index is 0.126. The van der Waals surface area contributed by atoms with E-state index in [-0.39, 0.29) is 11.9 Å². The molecule has 1 aromatic rings. The van der Waals surface area contributed by atoms with E-state index in [0.717, 1.165) is 24.5 Å². The number of hydrogen-bond acceptors (Lipinski definition) is 4. The lowest BCUT2D eigenvalue weighted by Gasteiger charge is -2.18. The van der Waals surface area contributed by atoms with Gasteiger partial charge in [0.05, 0.1) is 14.2 Å². The molecule has 5 heteroatoms. The molecule has 2 rings (SSSR count). The monoisotopic (exact) mass is 278 g/mol. The van der Waals surface area contributed by atoms with E-state index in [4.69, 9.17) is 9.47 Å². The highest BCUT2D eigenvalue weighted by molar-refractivity contribution is 5.78. The molecule has 2 N–H and O–H groups in total. The molecular weight excluding hydrogens is 256 g/mol. The predicted octanol–water partition coefficient (Wildman–Crippen LogP) is 1.11. The van der Waals surface area contributed by atoms with Crippen LogP contribution in [0.15, 0.2) is 18.2 Å². The van der Waals surface area contributed by atoms with E-state index in [1.165, 1.54) is 5.56 Å². The first-order valence-corrected chi connectivity index (χ1v) is 6.86. The summed E-state index contributed by atoms with van der Waals surface area (Å²) in [6.07, 6.45) is 1.45. The van der Waals surface area contributed by atoms with Gasteiger partial charge in [0.1, 0.15) is 0 Å². The van der Waals surface area contributed by atoms with Crippen molar-refractivity contribution in [3.05, 3.63) is 23.8 Å². The molecule has 20 heavy (non-hydrogen) atoms. The van der Waals surface area contributed by atoms with E-state index in [9.17, 15) is 4.79 Å². The number of carbonyl (C=O) groups is 1. The zero-order chi connectivity index (χ0) is 14.5. The Labute approximate surface area is 119 Å². The van der Waals surface area contributed by atoms with Gasteiger partial charge in [-0.15, -0.1) is 0 Å². The van der Waals surface area contributed by atoms with Crippen LogP contribution in [0, 0.1) is 0 Å². The van der Waals surface area contributed by atoms with Gasteiger partial charge in [0.2, 0.25) is 5.91 Å². The maximum absolute atomic E-state index is 11.2. The van der Waals surface area contributed by atoms with Gasteiger partial charge in [-0.25, -0.2) is 0 Å². The lowest BCUT2D eigenvalue weighted by Crippen LogP contribution is -2.39. The summed E-state index contributed by atoms with van der Waals surface area (Å²) >= 11 is 0. The number of rotatable bonds is 6. The summed E-state index contributed by atoms with van der Waals surface area (Å²) in [6.45, 7) is 2.84. The Hall–Kier alpha value is -1.75. The second-order valence-corrected chi connectivity index (χ2v) is 5.17. The fourth-order valence-corrected chi connectivity index (χ4v) is 2.55. The third kappa shape index (κ3) is 3.63. The van der Waals surface area contributed by atoms with Gasteiger partial charge in [0.15, 0.2) is 11.5 Å². The number of hydrogen-bond donors (Lipinski definition) is 2. The smallest absolute Gasteiger partial charge is 0.221 e. The van der Waals surface area contributed by atoms with E-state index in [2.05, 4.69) is 17.6 Å². The molecule has 110 valence electrons. The van der Waals surface area contributed by atoms with Crippen molar-refractivity contribution in [3.63, 3.8) is 0 Å². The number of nitrogens with one attached hydrogen (secondary N) is 2. The van der Waals surface area contributed by atoms with Crippen molar-refractivity contribution >= 4 is 5.91 Å². The molecule has 1 fully saturated rings. The Kier molecular flexibility index (Phi) is 4.84. The quantitative estimate of drug-likeness (QED) is 0.818. The largest absolute Gasteiger partial charge is 0.493 e. The fraction of sp³-hybridized carbons (Fsp3) is 0.533. The third-order valence-electron chi connectivity index (χ3n) is 3.49. The summed E-state index contributed by atoms with van der Waals surface area (Å²) in [5, 5.41) is 6.30. The Bertz CT molecular complexity index is 476. The van der Waals surface area contributed by atoms with Crippen molar-refractivity contribution in [3.8, 4) is 11.5 Å². The zero-order valence-corrected chi connectivity index (χ0v) is 12.2. The van der Waals surface area contributed by atoms with Crippen molar-refractivity contribution in [2.75, 3.05) is 20.8 Å². The van der Waals surface area contributed by atoms with E-state index < -0.39 is 0 Å². The van der Waals surface area contributed by atoms with E-state index in [1.807, 2.05) is 18.2 Å². The molecule has 5 nitrogen and oxygen atoms in total. The second-order valence-electron chi connectivity index (χ2n) is 5.17. The SMILES string of the molecule is COc1ccc(CC(C)NC2CNC(=O)C2)cc1OC. The fourth-order valence-electron chi connectivity index (χ4n) is 2.55. The van der Waals surface area contributed by atoms with Crippen molar-refractivity contribution in [1.29, 1.82) is 0 Å². The van der Waals surface area contributed by atoms with Gasteiger partial charge in [-0.2, -0.15) is 0 Å². The van der Waals surface area contributed by atoms with Crippen LogP contribution in [-0.2, 0) is 11.2 Å². The van der Waals surface area contributed by atoms with Crippen molar-refractivity contribution in [2.24, 2.45) is 0 Å². The van der Waals surface area contributed by atoms with Crippen LogP contribution in [0.3, 0.4) is 0 Å². The van der Waals surface area contributed by atoms with Crippen LogP contribution in [0.1, 0.15) is 18.9 Å². The lowest BCUT2D eigenvalue weighted by atomic mass is 10.1. The number of benzene rings is 1. The van der Waals surface area contributed by atoms with Gasteiger partial charge in [-0.1, -0.05) is 6.07 Å². The predicted molar refractivity (Wildman–Crippen MR) is 77.3 cm³/mol. The standard InChI is InChI=1S/C15H22N2O3/c1-10(17-12-8-15(18)16-9-12)6-11-4-5-13(19-2)14(7-11)20-3/h4-5,7,10,12,17H,6,8-9H2,1-3H3,(H,16,18). The number of carbonyl (C=O) groups excluding carboxylic acids is 1. The topological polar surface area (TPSA) is 59.6 Å². The first kappa shape index (κ1) is 14.7. The van der Waals surface area contributed by atoms with Gasteiger partial charge >= 0.3 is 0 Å². The number of ether oxygens (including phenoxy) is 2. The average Bonchev–Trinajstić information content (AvgIpc) is 2.83. The molecule has 2 atom stereocenters. The van der Waals surface area contributed by atoms with Crippen LogP contribution in [-0.4, -0.2) is 38.8 Å². The Balaban J connectivity index is 1.93. The highest BCUT2D eigenvalue weighted by Crippen LogP contribution is 2.28. The van der Waals surface area contributed by atoms with Crippen molar-refractivity contribution in [1.82, 2.24) is 10.6 Å². The summed E-state index contributed by atoms with van der Waals surface area (Å²) in [4.78, 5) is 11.2. The number of methoxy groups -OCH3 is 2. The molecule has 0 aromatic heterocycles. The second kappa shape index (κ2) is 6.61. The molecule has 0 spiro atoms. The van der Waals surface area contributed by atoms with Crippen LogP contribution >= 0.6 is 0 Å².